The van der Waals surface area contributed by atoms with Gasteiger partial charge in [-0.15, -0.1) is 0 Å². The summed E-state index contributed by atoms with van der Waals surface area (Å²) in [4.78, 5) is 39.7. The van der Waals surface area contributed by atoms with Crippen molar-refractivity contribution in [2.45, 2.75) is 26.8 Å². The van der Waals surface area contributed by atoms with E-state index in [1.807, 2.05) is 57.2 Å². The first kappa shape index (κ1) is 20.6. The Bertz CT molecular complexity index is 1450. The van der Waals surface area contributed by atoms with Crippen molar-refractivity contribution in [2.24, 2.45) is 0 Å². The highest BCUT2D eigenvalue weighted by Gasteiger charge is 2.48. The van der Waals surface area contributed by atoms with E-state index in [-0.39, 0.29) is 17.3 Å². The van der Waals surface area contributed by atoms with Crippen LogP contribution in [-0.2, 0) is 9.59 Å². The fraction of sp³-hybridized carbons (Fsp3) is 0.154. The Morgan fingerprint density at radius 3 is 2.42 bits per heavy atom. The number of fused-ring (bicyclic) bond motifs is 1. The molecular formula is C26H22N4O3. The summed E-state index contributed by atoms with van der Waals surface area (Å²) in [5.41, 5.74) is 5.41. The molecule has 0 bridgehead atoms. The lowest BCUT2D eigenvalue weighted by molar-refractivity contribution is -0.132. The predicted molar refractivity (Wildman–Crippen MR) is 126 cm³/mol. The third kappa shape index (κ3) is 3.38. The van der Waals surface area contributed by atoms with Crippen LogP contribution >= 0.6 is 0 Å². The first-order valence-corrected chi connectivity index (χ1v) is 10.6. The number of aliphatic hydroxyl groups excluding tert-OH is 1. The van der Waals surface area contributed by atoms with Crippen LogP contribution in [0.15, 0.2) is 66.5 Å². The number of hydrogen-bond acceptors (Lipinski definition) is 5. The van der Waals surface area contributed by atoms with Gasteiger partial charge in [-0.3, -0.25) is 19.5 Å². The van der Waals surface area contributed by atoms with Crippen molar-refractivity contribution < 1.29 is 14.7 Å². The van der Waals surface area contributed by atoms with Gasteiger partial charge in [-0.05, 0) is 67.8 Å². The lowest BCUT2D eigenvalue weighted by atomic mass is 9.94. The molecule has 0 saturated carbocycles. The van der Waals surface area contributed by atoms with Crippen LogP contribution in [0.1, 0.15) is 33.9 Å². The number of nitrogens with one attached hydrogen (secondary N) is 1. The fourth-order valence-corrected chi connectivity index (χ4v) is 4.27. The standard InChI is InChI=1S/C26H22N4O3/c1-14-4-6-16(3)18(12-14)23(31)21-22(17-8-10-27-11-9-17)30(25(33)24(21)32)26-28-19-7-5-15(2)13-20(19)29-26/h4-13,22,31H,1-3H3,(H,28,29)/b23-21+. The van der Waals surface area contributed by atoms with Crippen LogP contribution in [0.25, 0.3) is 16.8 Å². The SMILES string of the molecule is Cc1ccc(C)c(/C(O)=C2\C(=O)C(=O)N(c3nc4ccc(C)cc4[nH]3)C2c2ccncc2)c1. The number of anilines is 1. The molecule has 1 atom stereocenters. The molecule has 1 unspecified atom stereocenters. The summed E-state index contributed by atoms with van der Waals surface area (Å²) in [6.45, 7) is 5.73. The maximum atomic E-state index is 13.3. The zero-order valence-corrected chi connectivity index (χ0v) is 18.5. The second kappa shape index (κ2) is 7.70. The molecule has 2 aromatic heterocycles. The van der Waals surface area contributed by atoms with E-state index in [4.69, 9.17) is 0 Å². The average Bonchev–Trinajstić information content (AvgIpc) is 3.33. The third-order valence-corrected chi connectivity index (χ3v) is 5.97. The Labute approximate surface area is 190 Å². The molecule has 33 heavy (non-hydrogen) atoms. The summed E-state index contributed by atoms with van der Waals surface area (Å²) in [5.74, 6) is -1.46. The van der Waals surface area contributed by atoms with E-state index in [2.05, 4.69) is 15.0 Å². The number of imidazole rings is 1. The Morgan fingerprint density at radius 1 is 0.970 bits per heavy atom. The number of carbonyl (C=O) groups is 2. The largest absolute Gasteiger partial charge is 0.507 e. The van der Waals surface area contributed by atoms with Crippen molar-refractivity contribution in [3.63, 3.8) is 0 Å². The molecule has 5 rings (SSSR count). The molecule has 0 aliphatic carbocycles. The van der Waals surface area contributed by atoms with Crippen LogP contribution in [0.3, 0.4) is 0 Å². The summed E-state index contributed by atoms with van der Waals surface area (Å²) in [6.07, 6.45) is 3.19. The quantitative estimate of drug-likeness (QED) is 0.279. The van der Waals surface area contributed by atoms with Crippen LogP contribution in [0.5, 0.6) is 0 Å². The molecule has 3 heterocycles. The summed E-state index contributed by atoms with van der Waals surface area (Å²) < 4.78 is 0. The summed E-state index contributed by atoms with van der Waals surface area (Å²) >= 11 is 0. The number of aliphatic hydroxyl groups is 1. The molecule has 1 aliphatic rings. The van der Waals surface area contributed by atoms with Gasteiger partial charge in [0.05, 0.1) is 22.6 Å². The van der Waals surface area contributed by atoms with Gasteiger partial charge in [-0.25, -0.2) is 4.98 Å². The first-order valence-electron chi connectivity index (χ1n) is 10.6. The average molecular weight is 438 g/mol. The predicted octanol–water partition coefficient (Wildman–Crippen LogP) is 4.51. The zero-order chi connectivity index (χ0) is 23.3. The van der Waals surface area contributed by atoms with Gasteiger partial charge in [0.15, 0.2) is 0 Å². The molecule has 1 saturated heterocycles. The van der Waals surface area contributed by atoms with Crippen molar-refractivity contribution in [3.05, 3.63) is 94.3 Å². The number of benzene rings is 2. The van der Waals surface area contributed by atoms with Crippen LogP contribution in [0.2, 0.25) is 0 Å². The van der Waals surface area contributed by atoms with Crippen molar-refractivity contribution in [1.82, 2.24) is 15.0 Å². The molecule has 4 aromatic rings. The summed E-state index contributed by atoms with van der Waals surface area (Å²) in [6, 6.07) is 14.0. The second-order valence-corrected chi connectivity index (χ2v) is 8.35. The van der Waals surface area contributed by atoms with Gasteiger partial charge in [0.25, 0.3) is 5.78 Å². The van der Waals surface area contributed by atoms with Gasteiger partial charge < -0.3 is 10.1 Å². The topological polar surface area (TPSA) is 99.2 Å². The van der Waals surface area contributed by atoms with Crippen LogP contribution < -0.4 is 4.90 Å². The molecule has 2 aromatic carbocycles. The number of carbonyl (C=O) groups excluding carboxylic acids is 2. The lowest BCUT2D eigenvalue weighted by Gasteiger charge is -2.23. The van der Waals surface area contributed by atoms with E-state index in [1.165, 1.54) is 4.90 Å². The van der Waals surface area contributed by atoms with Gasteiger partial charge in [0.1, 0.15) is 5.76 Å². The van der Waals surface area contributed by atoms with Gasteiger partial charge in [0.2, 0.25) is 5.95 Å². The normalized spacial score (nSPS) is 17.8. The minimum absolute atomic E-state index is 0.0246. The monoisotopic (exact) mass is 438 g/mol. The molecule has 0 spiro atoms. The van der Waals surface area contributed by atoms with Gasteiger partial charge in [-0.1, -0.05) is 23.8 Å². The molecule has 1 amide bonds. The highest BCUT2D eigenvalue weighted by atomic mass is 16.3. The maximum absolute atomic E-state index is 13.3. The molecule has 0 radical (unpaired) electrons. The Balaban J connectivity index is 1.75. The molecule has 164 valence electrons. The molecule has 1 aliphatic heterocycles. The molecular weight excluding hydrogens is 416 g/mol. The summed E-state index contributed by atoms with van der Waals surface area (Å²) in [7, 11) is 0. The van der Waals surface area contributed by atoms with E-state index < -0.39 is 17.7 Å². The van der Waals surface area contributed by atoms with Crippen LogP contribution in [0, 0.1) is 20.8 Å². The Hall–Kier alpha value is -4.26. The van der Waals surface area contributed by atoms with E-state index in [9.17, 15) is 14.7 Å². The summed E-state index contributed by atoms with van der Waals surface area (Å²) in [5, 5.41) is 11.3. The number of nitrogens with zero attached hydrogens (tertiary/aromatic N) is 3. The number of amides is 1. The number of H-pyrrole nitrogens is 1. The fourth-order valence-electron chi connectivity index (χ4n) is 4.27. The zero-order valence-electron chi connectivity index (χ0n) is 18.5. The van der Waals surface area contributed by atoms with E-state index in [0.717, 1.165) is 22.2 Å². The number of aromatic amines is 1. The number of pyridine rings is 1. The molecule has 7 nitrogen and oxygen atoms in total. The molecule has 1 fully saturated rings. The number of ketones is 1. The van der Waals surface area contributed by atoms with Crippen molar-refractivity contribution in [2.75, 3.05) is 4.90 Å². The lowest BCUT2D eigenvalue weighted by Crippen LogP contribution is -2.30. The van der Waals surface area contributed by atoms with E-state index in [0.29, 0.717) is 16.6 Å². The minimum Gasteiger partial charge on any atom is -0.507 e. The smallest absolute Gasteiger partial charge is 0.302 e. The minimum atomic E-state index is -0.852. The first-order chi connectivity index (χ1) is 15.8. The highest BCUT2D eigenvalue weighted by Crippen LogP contribution is 2.42. The number of aryl methyl sites for hydroxylation is 3. The second-order valence-electron chi connectivity index (χ2n) is 8.35. The Kier molecular flexibility index (Phi) is 4.82. The molecule has 7 heteroatoms. The number of rotatable bonds is 3. The third-order valence-electron chi connectivity index (χ3n) is 5.97. The highest BCUT2D eigenvalue weighted by molar-refractivity contribution is 6.51. The number of Topliss-reactive ketones (excluding diaryl/α,β-unsaturated/α-hetero) is 1. The maximum Gasteiger partial charge on any atom is 0.302 e. The van der Waals surface area contributed by atoms with Crippen LogP contribution in [-0.4, -0.2) is 31.7 Å². The number of hydrogen-bond donors (Lipinski definition) is 2. The Morgan fingerprint density at radius 2 is 1.67 bits per heavy atom. The van der Waals surface area contributed by atoms with Crippen LogP contribution in [0.4, 0.5) is 5.95 Å². The van der Waals surface area contributed by atoms with Gasteiger partial charge >= 0.3 is 5.91 Å². The van der Waals surface area contributed by atoms with E-state index in [1.54, 1.807) is 24.5 Å². The van der Waals surface area contributed by atoms with Gasteiger partial charge in [-0.2, -0.15) is 0 Å². The molecule has 2 N–H and O–H groups in total. The van der Waals surface area contributed by atoms with Crippen molar-refractivity contribution in [3.8, 4) is 0 Å². The van der Waals surface area contributed by atoms with E-state index >= 15 is 0 Å². The van der Waals surface area contributed by atoms with Crippen molar-refractivity contribution >= 4 is 34.4 Å². The number of aromatic nitrogens is 3. The van der Waals surface area contributed by atoms with Gasteiger partial charge in [0, 0.05) is 18.0 Å². The van der Waals surface area contributed by atoms with Crippen molar-refractivity contribution in [1.29, 1.82) is 0 Å².